The number of hydrogen-bond donors (Lipinski definition) is 1. The molecule has 10 heteroatoms. The number of carbonyl (C=O) groups is 2. The van der Waals surface area contributed by atoms with Gasteiger partial charge in [-0.1, -0.05) is 11.6 Å². The summed E-state index contributed by atoms with van der Waals surface area (Å²) in [6.07, 6.45) is 3.61. The van der Waals surface area contributed by atoms with E-state index < -0.39 is 10.0 Å². The lowest BCUT2D eigenvalue weighted by Gasteiger charge is -2.30. The van der Waals surface area contributed by atoms with Crippen molar-refractivity contribution in [1.82, 2.24) is 14.2 Å². The third-order valence-corrected chi connectivity index (χ3v) is 7.19. The van der Waals surface area contributed by atoms with Crippen LogP contribution < -0.4 is 5.32 Å². The van der Waals surface area contributed by atoms with Gasteiger partial charge in [0.1, 0.15) is 4.90 Å². The van der Waals surface area contributed by atoms with E-state index >= 15 is 0 Å². The molecule has 2 heterocycles. The number of benzene rings is 1. The SMILES string of the molecule is CN(C)C(=O)c1ccc(Cl)c(NC(=O)C2CCN(S(=O)(=O)c3cccnc3)CC2)c1. The van der Waals surface area contributed by atoms with E-state index in [1.54, 1.807) is 38.4 Å². The van der Waals surface area contributed by atoms with E-state index in [2.05, 4.69) is 10.3 Å². The van der Waals surface area contributed by atoms with E-state index in [9.17, 15) is 18.0 Å². The minimum absolute atomic E-state index is 0.141. The van der Waals surface area contributed by atoms with Gasteiger partial charge in [-0.25, -0.2) is 8.42 Å². The summed E-state index contributed by atoms with van der Waals surface area (Å²) in [5.41, 5.74) is 0.775. The van der Waals surface area contributed by atoms with Gasteiger partial charge in [0.15, 0.2) is 0 Å². The molecule has 1 fully saturated rings. The van der Waals surface area contributed by atoms with Crippen LogP contribution in [0, 0.1) is 5.92 Å². The van der Waals surface area contributed by atoms with Crippen LogP contribution in [0.25, 0.3) is 0 Å². The summed E-state index contributed by atoms with van der Waals surface area (Å²) < 4.78 is 26.7. The topological polar surface area (TPSA) is 99.7 Å². The highest BCUT2D eigenvalue weighted by molar-refractivity contribution is 7.89. The molecule has 2 amide bonds. The van der Waals surface area contributed by atoms with Crippen molar-refractivity contribution in [2.75, 3.05) is 32.5 Å². The fourth-order valence-corrected chi connectivity index (χ4v) is 4.85. The Morgan fingerprint density at radius 3 is 2.50 bits per heavy atom. The van der Waals surface area contributed by atoms with Gasteiger partial charge < -0.3 is 10.2 Å². The molecule has 8 nitrogen and oxygen atoms in total. The highest BCUT2D eigenvalue weighted by Crippen LogP contribution is 2.27. The van der Waals surface area contributed by atoms with Gasteiger partial charge in [-0.15, -0.1) is 0 Å². The minimum atomic E-state index is -3.62. The molecule has 0 aliphatic carbocycles. The summed E-state index contributed by atoms with van der Waals surface area (Å²) in [6, 6.07) is 7.79. The van der Waals surface area contributed by atoms with Gasteiger partial charge in [-0.2, -0.15) is 4.31 Å². The summed E-state index contributed by atoms with van der Waals surface area (Å²) in [4.78, 5) is 30.3. The van der Waals surface area contributed by atoms with Crippen LogP contribution in [0.3, 0.4) is 0 Å². The van der Waals surface area contributed by atoms with Crippen LogP contribution in [0.2, 0.25) is 5.02 Å². The zero-order valence-electron chi connectivity index (χ0n) is 16.7. The Morgan fingerprint density at radius 1 is 1.20 bits per heavy atom. The maximum atomic E-state index is 12.7. The number of pyridine rings is 1. The van der Waals surface area contributed by atoms with Crippen molar-refractivity contribution in [3.63, 3.8) is 0 Å². The fraction of sp³-hybridized carbons (Fsp3) is 0.350. The number of nitrogens with one attached hydrogen (secondary N) is 1. The number of anilines is 1. The van der Waals surface area contributed by atoms with E-state index in [0.29, 0.717) is 29.1 Å². The predicted molar refractivity (Wildman–Crippen MR) is 114 cm³/mol. The number of halogens is 1. The quantitative estimate of drug-likeness (QED) is 0.754. The number of amides is 2. The van der Waals surface area contributed by atoms with Gasteiger partial charge in [0.2, 0.25) is 15.9 Å². The van der Waals surface area contributed by atoms with Gasteiger partial charge in [0.05, 0.1) is 10.7 Å². The Hall–Kier alpha value is -2.49. The summed E-state index contributed by atoms with van der Waals surface area (Å²) >= 11 is 6.18. The zero-order chi connectivity index (χ0) is 21.9. The standard InChI is InChI=1S/C20H23ClN4O4S/c1-24(2)20(27)15-5-6-17(21)18(12-15)23-19(26)14-7-10-25(11-8-14)30(28,29)16-4-3-9-22-13-16/h3-6,9,12-14H,7-8,10-11H2,1-2H3,(H,23,26). The van der Waals surface area contributed by atoms with E-state index in [4.69, 9.17) is 11.6 Å². The van der Waals surface area contributed by atoms with Crippen LogP contribution in [0.1, 0.15) is 23.2 Å². The molecule has 1 aromatic heterocycles. The molecule has 1 aromatic carbocycles. The van der Waals surface area contributed by atoms with E-state index in [1.165, 1.54) is 27.7 Å². The lowest BCUT2D eigenvalue weighted by atomic mass is 9.97. The largest absolute Gasteiger partial charge is 0.345 e. The molecule has 1 aliphatic heterocycles. The number of rotatable bonds is 5. The third-order valence-electron chi connectivity index (χ3n) is 4.97. The molecule has 30 heavy (non-hydrogen) atoms. The Kier molecular flexibility index (Phi) is 6.74. The maximum absolute atomic E-state index is 12.7. The number of nitrogens with zero attached hydrogens (tertiary/aromatic N) is 3. The Morgan fingerprint density at radius 2 is 1.90 bits per heavy atom. The first-order valence-corrected chi connectivity index (χ1v) is 11.2. The van der Waals surface area contributed by atoms with Crippen molar-refractivity contribution in [2.24, 2.45) is 5.92 Å². The van der Waals surface area contributed by atoms with Gasteiger partial charge in [-0.05, 0) is 43.2 Å². The lowest BCUT2D eigenvalue weighted by Crippen LogP contribution is -2.41. The third kappa shape index (κ3) is 4.80. The molecule has 1 N–H and O–H groups in total. The van der Waals surface area contributed by atoms with Gasteiger partial charge >= 0.3 is 0 Å². The average Bonchev–Trinajstić information content (AvgIpc) is 2.75. The van der Waals surface area contributed by atoms with E-state index in [1.807, 2.05) is 0 Å². The molecule has 160 valence electrons. The average molecular weight is 451 g/mol. The molecule has 0 bridgehead atoms. The van der Waals surface area contributed by atoms with Crippen LogP contribution in [0.5, 0.6) is 0 Å². The van der Waals surface area contributed by atoms with Crippen molar-refractivity contribution in [3.8, 4) is 0 Å². The highest BCUT2D eigenvalue weighted by Gasteiger charge is 2.32. The van der Waals surface area contributed by atoms with Gasteiger partial charge in [0.25, 0.3) is 5.91 Å². The smallest absolute Gasteiger partial charge is 0.253 e. The van der Waals surface area contributed by atoms with E-state index in [0.717, 1.165) is 0 Å². The minimum Gasteiger partial charge on any atom is -0.345 e. The predicted octanol–water partition coefficient (Wildman–Crippen LogP) is 2.48. The Labute approximate surface area is 180 Å². The fourth-order valence-electron chi connectivity index (χ4n) is 3.25. The number of carbonyl (C=O) groups excluding carboxylic acids is 2. The van der Waals surface area contributed by atoms with Crippen molar-refractivity contribution in [2.45, 2.75) is 17.7 Å². The van der Waals surface area contributed by atoms with Crippen molar-refractivity contribution in [3.05, 3.63) is 53.3 Å². The first kappa shape index (κ1) is 22.2. The molecule has 0 radical (unpaired) electrons. The first-order chi connectivity index (χ1) is 14.2. The van der Waals surface area contributed by atoms with Crippen molar-refractivity contribution in [1.29, 1.82) is 0 Å². The zero-order valence-corrected chi connectivity index (χ0v) is 18.3. The summed E-state index contributed by atoms with van der Waals surface area (Å²) in [5.74, 6) is -0.796. The molecule has 0 saturated carbocycles. The molecular weight excluding hydrogens is 428 g/mol. The Bertz CT molecular complexity index is 1040. The second kappa shape index (κ2) is 9.11. The lowest BCUT2D eigenvalue weighted by molar-refractivity contribution is -0.120. The molecular formula is C20H23ClN4O4S. The van der Waals surface area contributed by atoms with Crippen LogP contribution in [-0.2, 0) is 14.8 Å². The van der Waals surface area contributed by atoms with Crippen LogP contribution in [0.4, 0.5) is 5.69 Å². The highest BCUT2D eigenvalue weighted by atomic mass is 35.5. The second-order valence-electron chi connectivity index (χ2n) is 7.25. The van der Waals surface area contributed by atoms with E-state index in [-0.39, 0.29) is 35.7 Å². The molecule has 3 rings (SSSR count). The second-order valence-corrected chi connectivity index (χ2v) is 9.60. The number of sulfonamides is 1. The molecule has 1 saturated heterocycles. The molecule has 0 atom stereocenters. The summed E-state index contributed by atoms with van der Waals surface area (Å²) in [6.45, 7) is 0.477. The van der Waals surface area contributed by atoms with Crippen molar-refractivity contribution >= 4 is 39.1 Å². The molecule has 2 aromatic rings. The maximum Gasteiger partial charge on any atom is 0.253 e. The van der Waals surface area contributed by atoms with Gasteiger partial charge in [0, 0.05) is 51.1 Å². The summed E-state index contributed by atoms with van der Waals surface area (Å²) in [5, 5.41) is 3.11. The van der Waals surface area contributed by atoms with Crippen molar-refractivity contribution < 1.29 is 18.0 Å². The van der Waals surface area contributed by atoms with Crippen LogP contribution >= 0.6 is 11.6 Å². The number of hydrogen-bond acceptors (Lipinski definition) is 5. The molecule has 0 spiro atoms. The summed E-state index contributed by atoms with van der Waals surface area (Å²) in [7, 11) is -0.341. The first-order valence-electron chi connectivity index (χ1n) is 9.42. The Balaban J connectivity index is 1.65. The normalized spacial score (nSPS) is 15.6. The molecule has 1 aliphatic rings. The molecule has 0 unspecified atom stereocenters. The van der Waals surface area contributed by atoms with Gasteiger partial charge in [-0.3, -0.25) is 14.6 Å². The van der Waals surface area contributed by atoms with Crippen LogP contribution in [0.15, 0.2) is 47.6 Å². The monoisotopic (exact) mass is 450 g/mol. The number of aromatic nitrogens is 1. The number of piperidine rings is 1. The van der Waals surface area contributed by atoms with Crippen LogP contribution in [-0.4, -0.2) is 61.6 Å².